The fourth-order valence-electron chi connectivity index (χ4n) is 5.48. The van der Waals surface area contributed by atoms with Crippen LogP contribution in [0.2, 0.25) is 0 Å². The Bertz CT molecular complexity index is 1240. The zero-order valence-electron chi connectivity index (χ0n) is 21.3. The number of carbonyl (C=O) groups excluding carboxylic acids is 2. The number of nitrogens with one attached hydrogen (secondary N) is 1. The first-order chi connectivity index (χ1) is 17.2. The minimum atomic E-state index is -1.03. The first kappa shape index (κ1) is 25.5. The van der Waals surface area contributed by atoms with Crippen molar-refractivity contribution in [2.24, 2.45) is 0 Å². The number of fused-ring (bicyclic) bond motifs is 1. The van der Waals surface area contributed by atoms with E-state index in [2.05, 4.69) is 4.98 Å². The van der Waals surface area contributed by atoms with Gasteiger partial charge in [0.2, 0.25) is 5.91 Å². The van der Waals surface area contributed by atoms with Gasteiger partial charge in [-0.05, 0) is 50.5 Å². The molecule has 7 heteroatoms. The molecule has 1 atom stereocenters. The number of carbonyl (C=O) groups is 3. The molecule has 7 nitrogen and oxygen atoms in total. The summed E-state index contributed by atoms with van der Waals surface area (Å²) < 4.78 is 0. The molecule has 0 aliphatic heterocycles. The summed E-state index contributed by atoms with van der Waals surface area (Å²) in [6, 6.07) is 12.2. The van der Waals surface area contributed by atoms with Gasteiger partial charge in [-0.15, -0.1) is 0 Å². The molecule has 2 aromatic carbocycles. The van der Waals surface area contributed by atoms with Crippen molar-refractivity contribution in [2.75, 3.05) is 13.6 Å². The number of H-pyrrole nitrogens is 1. The van der Waals surface area contributed by atoms with Crippen LogP contribution in [0.5, 0.6) is 0 Å². The number of para-hydroxylation sites is 1. The van der Waals surface area contributed by atoms with Crippen molar-refractivity contribution in [3.8, 4) is 0 Å². The molecule has 0 bridgehead atoms. The smallest absolute Gasteiger partial charge is 0.326 e. The van der Waals surface area contributed by atoms with Crippen LogP contribution in [0, 0.1) is 13.8 Å². The van der Waals surface area contributed by atoms with Crippen LogP contribution < -0.4 is 0 Å². The Kier molecular flexibility index (Phi) is 7.77. The van der Waals surface area contributed by atoms with Gasteiger partial charge in [0.25, 0.3) is 5.91 Å². The van der Waals surface area contributed by atoms with Crippen LogP contribution in [0.15, 0.2) is 48.7 Å². The number of likely N-dealkylation sites (N-methyl/N-ethyl adjacent to an activating group) is 1. The molecule has 1 aliphatic carbocycles. The number of hydrogen-bond acceptors (Lipinski definition) is 3. The highest BCUT2D eigenvalue weighted by molar-refractivity contribution is 5.97. The highest BCUT2D eigenvalue weighted by Crippen LogP contribution is 2.28. The summed E-state index contributed by atoms with van der Waals surface area (Å²) in [5, 5.41) is 11.3. The molecule has 3 aromatic rings. The highest BCUT2D eigenvalue weighted by atomic mass is 16.4. The summed E-state index contributed by atoms with van der Waals surface area (Å²) in [6.07, 6.45) is 6.60. The van der Waals surface area contributed by atoms with E-state index in [1.165, 1.54) is 4.90 Å². The lowest BCUT2D eigenvalue weighted by Crippen LogP contribution is -2.55. The lowest BCUT2D eigenvalue weighted by molar-refractivity contribution is -0.153. The maximum Gasteiger partial charge on any atom is 0.326 e. The van der Waals surface area contributed by atoms with E-state index >= 15 is 0 Å². The van der Waals surface area contributed by atoms with Gasteiger partial charge in [0.1, 0.15) is 6.04 Å². The van der Waals surface area contributed by atoms with Gasteiger partial charge in [0, 0.05) is 42.2 Å². The van der Waals surface area contributed by atoms with Gasteiger partial charge < -0.3 is 19.9 Å². The number of benzene rings is 2. The van der Waals surface area contributed by atoms with Crippen molar-refractivity contribution in [3.63, 3.8) is 0 Å². The molecule has 0 unspecified atom stereocenters. The molecule has 1 heterocycles. The Hall–Kier alpha value is -3.61. The first-order valence-electron chi connectivity index (χ1n) is 12.7. The predicted molar refractivity (Wildman–Crippen MR) is 140 cm³/mol. The molecule has 36 heavy (non-hydrogen) atoms. The van der Waals surface area contributed by atoms with E-state index in [0.717, 1.165) is 59.7 Å². The van der Waals surface area contributed by atoms with Crippen molar-refractivity contribution in [1.29, 1.82) is 0 Å². The minimum Gasteiger partial charge on any atom is -0.480 e. The van der Waals surface area contributed by atoms with Crippen molar-refractivity contribution < 1.29 is 19.5 Å². The number of rotatable bonds is 8. The number of aryl methyl sites for hydroxylation is 2. The average molecular weight is 490 g/mol. The lowest BCUT2D eigenvalue weighted by atomic mass is 9.91. The minimum absolute atomic E-state index is 0.151. The first-order valence-corrected chi connectivity index (χ1v) is 12.7. The Morgan fingerprint density at radius 1 is 1.03 bits per heavy atom. The van der Waals surface area contributed by atoms with E-state index in [1.54, 1.807) is 11.9 Å². The maximum absolute atomic E-state index is 13.7. The quantitative estimate of drug-likeness (QED) is 0.479. The molecule has 4 rings (SSSR count). The van der Waals surface area contributed by atoms with Crippen LogP contribution in [0.3, 0.4) is 0 Å². The molecular weight excluding hydrogens is 454 g/mol. The summed E-state index contributed by atoms with van der Waals surface area (Å²) in [5.41, 5.74) is 4.29. The van der Waals surface area contributed by atoms with Gasteiger partial charge in [0.05, 0.1) is 6.54 Å². The zero-order valence-corrected chi connectivity index (χ0v) is 21.3. The zero-order chi connectivity index (χ0) is 25.8. The number of amides is 2. The molecule has 1 aromatic heterocycles. The third-order valence-electron chi connectivity index (χ3n) is 7.15. The summed E-state index contributed by atoms with van der Waals surface area (Å²) in [6.45, 7) is 3.70. The van der Waals surface area contributed by atoms with E-state index < -0.39 is 12.0 Å². The van der Waals surface area contributed by atoms with Crippen molar-refractivity contribution in [2.45, 2.75) is 64.5 Å². The van der Waals surface area contributed by atoms with E-state index in [-0.39, 0.29) is 30.8 Å². The third-order valence-corrected chi connectivity index (χ3v) is 7.15. The maximum atomic E-state index is 13.7. The second kappa shape index (κ2) is 11.0. The van der Waals surface area contributed by atoms with Crippen LogP contribution >= 0.6 is 0 Å². The van der Waals surface area contributed by atoms with E-state index in [0.29, 0.717) is 5.56 Å². The van der Waals surface area contributed by atoms with Crippen LogP contribution in [0.4, 0.5) is 0 Å². The largest absolute Gasteiger partial charge is 0.480 e. The highest BCUT2D eigenvalue weighted by Gasteiger charge is 2.37. The third kappa shape index (κ3) is 5.61. The lowest BCUT2D eigenvalue weighted by Gasteiger charge is -2.39. The number of hydrogen-bond donors (Lipinski definition) is 2. The SMILES string of the molecule is Cc1cc(C)cc(C(=O)N(C)CC(=O)N(C2CCCCC2)[C@@H](Cc2c[nH]c3ccccc23)C(=O)O)c1. The summed E-state index contributed by atoms with van der Waals surface area (Å²) in [4.78, 5) is 45.6. The molecule has 1 saturated carbocycles. The summed E-state index contributed by atoms with van der Waals surface area (Å²) in [7, 11) is 1.60. The Balaban J connectivity index is 1.60. The van der Waals surface area contributed by atoms with Crippen LogP contribution in [-0.2, 0) is 16.0 Å². The second-order valence-electron chi connectivity index (χ2n) is 10.0. The van der Waals surface area contributed by atoms with Gasteiger partial charge in [0.15, 0.2) is 0 Å². The van der Waals surface area contributed by atoms with Crippen LogP contribution in [-0.4, -0.2) is 63.4 Å². The van der Waals surface area contributed by atoms with Gasteiger partial charge in [-0.1, -0.05) is 54.7 Å². The molecule has 1 fully saturated rings. The van der Waals surface area contributed by atoms with E-state index in [4.69, 9.17) is 0 Å². The monoisotopic (exact) mass is 489 g/mol. The average Bonchev–Trinajstić information content (AvgIpc) is 3.26. The fraction of sp³-hybridized carbons (Fsp3) is 0.414. The topological polar surface area (TPSA) is 93.7 Å². The predicted octanol–water partition coefficient (Wildman–Crippen LogP) is 4.71. The number of aromatic amines is 1. The standard InChI is InChI=1S/C29H35N3O4/c1-19-13-20(2)15-21(14-19)28(34)31(3)18-27(33)32(23-9-5-4-6-10-23)26(29(35)36)16-22-17-30-25-12-8-7-11-24(22)25/h7-8,11-15,17,23,26,30H,4-6,9-10,16,18H2,1-3H3,(H,35,36)/t26-/m0/s1. The molecular formula is C29H35N3O4. The van der Waals surface area contributed by atoms with E-state index in [9.17, 15) is 19.5 Å². The Morgan fingerprint density at radius 3 is 2.36 bits per heavy atom. The molecule has 190 valence electrons. The Morgan fingerprint density at radius 2 is 1.69 bits per heavy atom. The molecule has 1 aliphatic rings. The van der Waals surface area contributed by atoms with Gasteiger partial charge in [-0.25, -0.2) is 4.79 Å². The molecule has 2 N–H and O–H groups in total. The Labute approximate surface area is 212 Å². The van der Waals surface area contributed by atoms with Gasteiger partial charge in [-0.3, -0.25) is 9.59 Å². The number of aliphatic carboxylic acids is 1. The van der Waals surface area contributed by atoms with Crippen molar-refractivity contribution >= 4 is 28.7 Å². The number of carboxylic acids is 1. The molecule has 0 radical (unpaired) electrons. The molecule has 0 saturated heterocycles. The van der Waals surface area contributed by atoms with Crippen molar-refractivity contribution in [1.82, 2.24) is 14.8 Å². The molecule has 0 spiro atoms. The second-order valence-corrected chi connectivity index (χ2v) is 10.0. The van der Waals surface area contributed by atoms with Gasteiger partial charge in [-0.2, -0.15) is 0 Å². The normalized spacial score (nSPS) is 15.0. The summed E-state index contributed by atoms with van der Waals surface area (Å²) >= 11 is 0. The van der Waals surface area contributed by atoms with Gasteiger partial charge >= 0.3 is 5.97 Å². The number of carboxylic acid groups (broad SMARTS) is 1. The fourth-order valence-corrected chi connectivity index (χ4v) is 5.48. The number of aromatic nitrogens is 1. The van der Waals surface area contributed by atoms with E-state index in [1.807, 2.05) is 62.5 Å². The number of nitrogens with zero attached hydrogens (tertiary/aromatic N) is 2. The van der Waals surface area contributed by atoms with Crippen LogP contribution in [0.25, 0.3) is 10.9 Å². The molecule has 2 amide bonds. The van der Waals surface area contributed by atoms with Crippen LogP contribution in [0.1, 0.15) is 59.2 Å². The summed E-state index contributed by atoms with van der Waals surface area (Å²) in [5.74, 6) is -1.60. The van der Waals surface area contributed by atoms with Crippen molar-refractivity contribution in [3.05, 3.63) is 70.9 Å².